The first kappa shape index (κ1) is 11.5. The molecule has 0 bridgehead atoms. The van der Waals surface area contributed by atoms with E-state index in [1.807, 2.05) is 0 Å². The molecule has 2 aliphatic carbocycles. The first-order valence-corrected chi connectivity index (χ1v) is 7.09. The zero-order valence-electron chi connectivity index (χ0n) is 11.1. The lowest BCUT2D eigenvalue weighted by molar-refractivity contribution is 0.0362. The summed E-state index contributed by atoms with van der Waals surface area (Å²) in [4.78, 5) is 0. The van der Waals surface area contributed by atoms with Gasteiger partial charge in [-0.05, 0) is 48.3 Å². The highest BCUT2D eigenvalue weighted by atomic mass is 14.6. The van der Waals surface area contributed by atoms with Crippen molar-refractivity contribution in [2.75, 3.05) is 0 Å². The van der Waals surface area contributed by atoms with Crippen molar-refractivity contribution >= 4 is 0 Å². The van der Waals surface area contributed by atoms with Gasteiger partial charge in [-0.1, -0.05) is 47.0 Å². The zero-order valence-corrected chi connectivity index (χ0v) is 11.1. The molecule has 0 N–H and O–H groups in total. The normalized spacial score (nSPS) is 47.6. The molecular formula is C15H28. The molecule has 0 radical (unpaired) electrons. The largest absolute Gasteiger partial charge is 0.0651 e. The third-order valence-electron chi connectivity index (χ3n) is 5.88. The lowest BCUT2D eigenvalue weighted by atomic mass is 9.59. The standard InChI is InChI=1S/C15H28/c1-5-11(2)13-8-9-14-12(3)7-6-10-15(13,14)4/h11-14H,5-10H2,1-4H3/t11-,12-,13?,14?,15+/m0/s1. The van der Waals surface area contributed by atoms with Gasteiger partial charge in [0, 0.05) is 0 Å². The molecule has 0 heterocycles. The molecule has 0 saturated heterocycles. The van der Waals surface area contributed by atoms with Crippen molar-refractivity contribution in [1.82, 2.24) is 0 Å². The molecule has 0 amide bonds. The van der Waals surface area contributed by atoms with Gasteiger partial charge in [0.15, 0.2) is 0 Å². The Morgan fingerprint density at radius 1 is 1.27 bits per heavy atom. The van der Waals surface area contributed by atoms with E-state index in [0.717, 1.165) is 23.7 Å². The second-order valence-electron chi connectivity index (χ2n) is 6.55. The van der Waals surface area contributed by atoms with Gasteiger partial charge in [-0.2, -0.15) is 0 Å². The quantitative estimate of drug-likeness (QED) is 0.606. The molecule has 0 spiro atoms. The average Bonchev–Trinajstić information content (AvgIpc) is 2.56. The van der Waals surface area contributed by atoms with Crippen molar-refractivity contribution in [2.24, 2.45) is 29.1 Å². The summed E-state index contributed by atoms with van der Waals surface area (Å²) in [5.74, 6) is 4.02. The summed E-state index contributed by atoms with van der Waals surface area (Å²) in [5, 5.41) is 0. The van der Waals surface area contributed by atoms with Gasteiger partial charge in [-0.3, -0.25) is 0 Å². The van der Waals surface area contributed by atoms with Crippen LogP contribution in [0.1, 0.15) is 66.2 Å². The Hall–Kier alpha value is 0. The van der Waals surface area contributed by atoms with Gasteiger partial charge in [0.25, 0.3) is 0 Å². The van der Waals surface area contributed by atoms with E-state index in [4.69, 9.17) is 0 Å². The van der Waals surface area contributed by atoms with Gasteiger partial charge in [0.2, 0.25) is 0 Å². The SMILES string of the molecule is CC[C@H](C)C1CCC2[C@@H](C)CCC[C@]12C. The lowest BCUT2D eigenvalue weighted by Crippen LogP contribution is -2.38. The van der Waals surface area contributed by atoms with Gasteiger partial charge in [0.05, 0.1) is 0 Å². The number of hydrogen-bond donors (Lipinski definition) is 0. The van der Waals surface area contributed by atoms with E-state index in [-0.39, 0.29) is 0 Å². The first-order chi connectivity index (χ1) is 7.09. The maximum atomic E-state index is 2.61. The Balaban J connectivity index is 2.17. The summed E-state index contributed by atoms with van der Waals surface area (Å²) in [6, 6.07) is 0. The third-order valence-corrected chi connectivity index (χ3v) is 5.88. The van der Waals surface area contributed by atoms with Crippen LogP contribution in [0.4, 0.5) is 0 Å². The van der Waals surface area contributed by atoms with Crippen LogP contribution in [-0.2, 0) is 0 Å². The molecule has 2 rings (SSSR count). The summed E-state index contributed by atoms with van der Waals surface area (Å²) in [5.41, 5.74) is 0.701. The summed E-state index contributed by atoms with van der Waals surface area (Å²) >= 11 is 0. The Morgan fingerprint density at radius 3 is 2.67 bits per heavy atom. The highest BCUT2D eigenvalue weighted by molar-refractivity contribution is 5.00. The van der Waals surface area contributed by atoms with E-state index in [9.17, 15) is 0 Å². The Kier molecular flexibility index (Phi) is 3.14. The van der Waals surface area contributed by atoms with Crippen LogP contribution in [0.3, 0.4) is 0 Å². The van der Waals surface area contributed by atoms with Crippen LogP contribution in [0.25, 0.3) is 0 Å². The average molecular weight is 208 g/mol. The van der Waals surface area contributed by atoms with Crippen molar-refractivity contribution in [3.8, 4) is 0 Å². The highest BCUT2D eigenvalue weighted by Crippen LogP contribution is 2.59. The highest BCUT2D eigenvalue weighted by Gasteiger charge is 2.50. The van der Waals surface area contributed by atoms with Crippen molar-refractivity contribution in [3.05, 3.63) is 0 Å². The van der Waals surface area contributed by atoms with E-state index in [1.165, 1.54) is 38.5 Å². The van der Waals surface area contributed by atoms with Crippen LogP contribution in [0.15, 0.2) is 0 Å². The predicted octanol–water partition coefficient (Wildman–Crippen LogP) is 4.89. The first-order valence-electron chi connectivity index (χ1n) is 7.09. The van der Waals surface area contributed by atoms with Crippen molar-refractivity contribution in [1.29, 1.82) is 0 Å². The molecule has 2 fully saturated rings. The maximum absolute atomic E-state index is 2.61. The predicted molar refractivity (Wildman–Crippen MR) is 66.8 cm³/mol. The summed E-state index contributed by atoms with van der Waals surface area (Å²) in [7, 11) is 0. The minimum absolute atomic E-state index is 0.701. The van der Waals surface area contributed by atoms with Gasteiger partial charge < -0.3 is 0 Å². The van der Waals surface area contributed by atoms with E-state index < -0.39 is 0 Å². The molecule has 0 nitrogen and oxygen atoms in total. The molecule has 0 heteroatoms. The molecule has 0 aromatic heterocycles. The third kappa shape index (κ3) is 1.74. The number of fused-ring (bicyclic) bond motifs is 1. The summed E-state index contributed by atoms with van der Waals surface area (Å²) in [6.45, 7) is 9.96. The molecule has 2 aliphatic rings. The minimum atomic E-state index is 0.701. The van der Waals surface area contributed by atoms with Crippen molar-refractivity contribution in [2.45, 2.75) is 66.2 Å². The van der Waals surface area contributed by atoms with Crippen LogP contribution < -0.4 is 0 Å². The molecular weight excluding hydrogens is 180 g/mol. The molecule has 2 unspecified atom stereocenters. The zero-order chi connectivity index (χ0) is 11.1. The van der Waals surface area contributed by atoms with Gasteiger partial charge in [-0.15, -0.1) is 0 Å². The Labute approximate surface area is 95.8 Å². The fraction of sp³-hybridized carbons (Fsp3) is 1.00. The lowest BCUT2D eigenvalue weighted by Gasteiger charge is -2.46. The molecule has 88 valence electrons. The fourth-order valence-electron chi connectivity index (χ4n) is 4.82. The van der Waals surface area contributed by atoms with Gasteiger partial charge in [0.1, 0.15) is 0 Å². The Morgan fingerprint density at radius 2 is 2.00 bits per heavy atom. The van der Waals surface area contributed by atoms with Crippen LogP contribution in [0, 0.1) is 29.1 Å². The van der Waals surface area contributed by atoms with E-state index in [1.54, 1.807) is 0 Å². The summed E-state index contributed by atoms with van der Waals surface area (Å²) in [6.07, 6.45) is 8.90. The van der Waals surface area contributed by atoms with Gasteiger partial charge in [-0.25, -0.2) is 0 Å². The fourth-order valence-corrected chi connectivity index (χ4v) is 4.82. The second-order valence-corrected chi connectivity index (χ2v) is 6.55. The molecule has 0 aliphatic heterocycles. The molecule has 15 heavy (non-hydrogen) atoms. The minimum Gasteiger partial charge on any atom is -0.0651 e. The monoisotopic (exact) mass is 208 g/mol. The van der Waals surface area contributed by atoms with Crippen molar-refractivity contribution in [3.63, 3.8) is 0 Å². The maximum Gasteiger partial charge on any atom is -0.0264 e. The van der Waals surface area contributed by atoms with Gasteiger partial charge >= 0.3 is 0 Å². The van der Waals surface area contributed by atoms with Crippen molar-refractivity contribution < 1.29 is 0 Å². The summed E-state index contributed by atoms with van der Waals surface area (Å²) < 4.78 is 0. The number of hydrogen-bond acceptors (Lipinski definition) is 0. The topological polar surface area (TPSA) is 0 Å². The van der Waals surface area contributed by atoms with Crippen LogP contribution >= 0.6 is 0 Å². The molecule has 2 saturated carbocycles. The number of rotatable bonds is 2. The van der Waals surface area contributed by atoms with E-state index in [2.05, 4.69) is 27.7 Å². The molecule has 0 aromatic rings. The second kappa shape index (κ2) is 4.11. The van der Waals surface area contributed by atoms with E-state index >= 15 is 0 Å². The van der Waals surface area contributed by atoms with Crippen LogP contribution in [0.2, 0.25) is 0 Å². The molecule has 5 atom stereocenters. The molecule has 0 aromatic carbocycles. The van der Waals surface area contributed by atoms with Crippen LogP contribution in [-0.4, -0.2) is 0 Å². The van der Waals surface area contributed by atoms with Crippen LogP contribution in [0.5, 0.6) is 0 Å². The Bertz CT molecular complexity index is 220. The smallest absolute Gasteiger partial charge is 0.0264 e. The van der Waals surface area contributed by atoms with E-state index in [0.29, 0.717) is 5.41 Å².